The van der Waals surface area contributed by atoms with Crippen molar-refractivity contribution in [3.05, 3.63) is 71.8 Å². The Morgan fingerprint density at radius 1 is 1.18 bits per heavy atom. The highest BCUT2D eigenvalue weighted by Crippen LogP contribution is 2.24. The van der Waals surface area contributed by atoms with Gasteiger partial charge in [0, 0.05) is 23.1 Å². The van der Waals surface area contributed by atoms with Crippen LogP contribution in [0.2, 0.25) is 0 Å². The van der Waals surface area contributed by atoms with E-state index in [0.29, 0.717) is 24.1 Å². The van der Waals surface area contributed by atoms with E-state index in [1.165, 1.54) is 0 Å². The van der Waals surface area contributed by atoms with Crippen LogP contribution in [0.25, 0.3) is 0 Å². The minimum atomic E-state index is -0.282. The largest absolute Gasteiger partial charge is 0.357 e. The summed E-state index contributed by atoms with van der Waals surface area (Å²) in [6.07, 6.45) is 10.1. The van der Waals surface area contributed by atoms with Crippen LogP contribution in [0.3, 0.4) is 0 Å². The molecule has 1 aromatic carbocycles. The maximum Gasteiger partial charge on any atom is 0.207 e. The fourth-order valence-electron chi connectivity index (χ4n) is 2.05. The Hall–Kier alpha value is -2.42. The molecule has 1 aromatic rings. The number of amides is 1. The third-order valence-corrected chi connectivity index (χ3v) is 3.26. The summed E-state index contributed by atoms with van der Waals surface area (Å²) in [5.74, 6) is -0.000837. The van der Waals surface area contributed by atoms with Crippen LogP contribution in [0, 0.1) is 5.41 Å². The molecule has 0 aromatic heterocycles. The normalized spacial score (nSPS) is 19.3. The molecule has 1 aliphatic rings. The van der Waals surface area contributed by atoms with Gasteiger partial charge in [0.25, 0.3) is 0 Å². The lowest BCUT2D eigenvalue weighted by Crippen LogP contribution is -2.27. The van der Waals surface area contributed by atoms with Gasteiger partial charge in [0.15, 0.2) is 5.78 Å². The van der Waals surface area contributed by atoms with E-state index in [-0.39, 0.29) is 11.2 Å². The molecule has 1 amide bonds. The van der Waals surface area contributed by atoms with Gasteiger partial charge in [-0.1, -0.05) is 81.5 Å². The summed E-state index contributed by atoms with van der Waals surface area (Å²) in [5.41, 5.74) is 1.03. The maximum atomic E-state index is 12.4. The molecule has 0 heterocycles. The van der Waals surface area contributed by atoms with Crippen LogP contribution in [0.1, 0.15) is 31.1 Å². The Morgan fingerprint density at radius 3 is 2.50 bits per heavy atom. The van der Waals surface area contributed by atoms with Crippen molar-refractivity contribution < 1.29 is 9.59 Å². The van der Waals surface area contributed by atoms with E-state index in [2.05, 4.69) is 5.32 Å². The standard InChI is InChI=1S/C17H17NO2.C2H6/c1-17(12-18-13-19)10-5-8-15(9-11-17)16(20)14-6-3-2-4-7-14;1-2/h2-11,13H,12H2,1H3,(H,18,19);1-2H3. The third kappa shape index (κ3) is 4.85. The Balaban J connectivity index is 0.00000116. The number of hydrogen-bond donors (Lipinski definition) is 1. The van der Waals surface area contributed by atoms with Gasteiger partial charge in [-0.2, -0.15) is 0 Å². The maximum absolute atomic E-state index is 12.4. The highest BCUT2D eigenvalue weighted by atomic mass is 16.1. The predicted octanol–water partition coefficient (Wildman–Crippen LogP) is 3.70. The molecule has 0 spiro atoms. The van der Waals surface area contributed by atoms with Crippen molar-refractivity contribution in [1.82, 2.24) is 5.32 Å². The Morgan fingerprint density at radius 2 is 1.86 bits per heavy atom. The van der Waals surface area contributed by atoms with Crippen molar-refractivity contribution in [2.75, 3.05) is 6.54 Å². The molecule has 1 unspecified atom stereocenters. The number of rotatable bonds is 5. The number of nitrogens with one attached hydrogen (secondary N) is 1. The van der Waals surface area contributed by atoms with Gasteiger partial charge in [-0.05, 0) is 0 Å². The zero-order valence-electron chi connectivity index (χ0n) is 13.4. The number of Topliss-reactive ketones (excluding diaryl/α,β-unsaturated/α-hetero) is 1. The molecule has 0 radical (unpaired) electrons. The lowest BCUT2D eigenvalue weighted by Gasteiger charge is -2.20. The Kier molecular flexibility index (Phi) is 7.03. The lowest BCUT2D eigenvalue weighted by atomic mass is 9.89. The number of ketones is 1. The van der Waals surface area contributed by atoms with E-state index in [1.54, 1.807) is 18.2 Å². The van der Waals surface area contributed by atoms with E-state index >= 15 is 0 Å². The molecule has 0 fully saturated rings. The third-order valence-electron chi connectivity index (χ3n) is 3.26. The number of benzene rings is 1. The molecule has 1 atom stereocenters. The van der Waals surface area contributed by atoms with E-state index < -0.39 is 0 Å². The van der Waals surface area contributed by atoms with Crippen molar-refractivity contribution >= 4 is 12.2 Å². The SMILES string of the molecule is CC.CC1(CNC=O)C=CC=C(C(=O)c2ccccc2)C=C1. The van der Waals surface area contributed by atoms with Crippen LogP contribution in [0.4, 0.5) is 0 Å². The second kappa shape index (κ2) is 8.78. The highest BCUT2D eigenvalue weighted by molar-refractivity contribution is 6.10. The van der Waals surface area contributed by atoms with E-state index in [4.69, 9.17) is 0 Å². The second-order valence-electron chi connectivity index (χ2n) is 5.01. The molecule has 0 saturated carbocycles. The molecule has 22 heavy (non-hydrogen) atoms. The van der Waals surface area contributed by atoms with Crippen molar-refractivity contribution in [2.24, 2.45) is 5.41 Å². The lowest BCUT2D eigenvalue weighted by molar-refractivity contribution is -0.109. The van der Waals surface area contributed by atoms with Gasteiger partial charge in [-0.15, -0.1) is 0 Å². The fraction of sp³-hybridized carbons (Fsp3) is 0.263. The summed E-state index contributed by atoms with van der Waals surface area (Å²) < 4.78 is 0. The summed E-state index contributed by atoms with van der Waals surface area (Å²) >= 11 is 0. The molecule has 3 heteroatoms. The van der Waals surface area contributed by atoms with Gasteiger partial charge in [0.1, 0.15) is 0 Å². The van der Waals surface area contributed by atoms with Crippen molar-refractivity contribution in [1.29, 1.82) is 0 Å². The summed E-state index contributed by atoms with van der Waals surface area (Å²) in [7, 11) is 0. The van der Waals surface area contributed by atoms with Gasteiger partial charge < -0.3 is 5.32 Å². The molecule has 1 aliphatic carbocycles. The summed E-state index contributed by atoms with van der Waals surface area (Å²) in [6, 6.07) is 9.19. The van der Waals surface area contributed by atoms with E-state index in [9.17, 15) is 9.59 Å². The first-order valence-corrected chi connectivity index (χ1v) is 7.50. The van der Waals surface area contributed by atoms with Crippen LogP contribution in [-0.4, -0.2) is 18.7 Å². The molecule has 3 nitrogen and oxygen atoms in total. The minimum Gasteiger partial charge on any atom is -0.357 e. The van der Waals surface area contributed by atoms with E-state index in [1.807, 2.05) is 63.3 Å². The smallest absolute Gasteiger partial charge is 0.207 e. The van der Waals surface area contributed by atoms with Gasteiger partial charge in [-0.3, -0.25) is 9.59 Å². The molecule has 1 N–H and O–H groups in total. The predicted molar refractivity (Wildman–Crippen MR) is 90.7 cm³/mol. The Bertz CT molecular complexity index is 585. The highest BCUT2D eigenvalue weighted by Gasteiger charge is 2.19. The quantitative estimate of drug-likeness (QED) is 0.665. The first-order chi connectivity index (χ1) is 10.6. The van der Waals surface area contributed by atoms with Crippen molar-refractivity contribution in [3.63, 3.8) is 0 Å². The Labute approximate surface area is 132 Å². The average molecular weight is 297 g/mol. The van der Waals surface area contributed by atoms with Crippen LogP contribution in [0.15, 0.2) is 66.3 Å². The van der Waals surface area contributed by atoms with Crippen molar-refractivity contribution in [3.8, 4) is 0 Å². The first kappa shape index (κ1) is 17.6. The first-order valence-electron chi connectivity index (χ1n) is 7.50. The van der Waals surface area contributed by atoms with Crippen LogP contribution < -0.4 is 5.32 Å². The average Bonchev–Trinajstić information content (AvgIpc) is 2.77. The van der Waals surface area contributed by atoms with E-state index in [0.717, 1.165) is 0 Å². The summed E-state index contributed by atoms with van der Waals surface area (Å²) in [6.45, 7) is 6.50. The van der Waals surface area contributed by atoms with Crippen LogP contribution in [-0.2, 0) is 4.79 Å². The summed E-state index contributed by atoms with van der Waals surface area (Å²) in [4.78, 5) is 22.8. The topological polar surface area (TPSA) is 46.2 Å². The number of hydrogen-bond acceptors (Lipinski definition) is 2. The zero-order valence-corrected chi connectivity index (χ0v) is 13.4. The molecule has 0 saturated heterocycles. The zero-order chi connectivity index (χ0) is 16.4. The molecule has 0 aliphatic heterocycles. The number of allylic oxidation sites excluding steroid dienone is 4. The van der Waals surface area contributed by atoms with Gasteiger partial charge in [-0.25, -0.2) is 0 Å². The number of carbonyl (C=O) groups is 2. The fourth-order valence-corrected chi connectivity index (χ4v) is 2.05. The van der Waals surface area contributed by atoms with Gasteiger partial charge >= 0.3 is 0 Å². The monoisotopic (exact) mass is 297 g/mol. The molecule has 116 valence electrons. The van der Waals surface area contributed by atoms with Crippen LogP contribution >= 0.6 is 0 Å². The molecule has 0 bridgehead atoms. The molecular formula is C19H23NO2. The second-order valence-corrected chi connectivity index (χ2v) is 5.01. The molecular weight excluding hydrogens is 274 g/mol. The van der Waals surface area contributed by atoms with Gasteiger partial charge in [0.2, 0.25) is 6.41 Å². The van der Waals surface area contributed by atoms with Gasteiger partial charge in [0.05, 0.1) is 0 Å². The number of carbonyl (C=O) groups excluding carboxylic acids is 2. The minimum absolute atomic E-state index is 0.000837. The van der Waals surface area contributed by atoms with Crippen molar-refractivity contribution in [2.45, 2.75) is 20.8 Å². The molecule has 2 rings (SSSR count). The van der Waals surface area contributed by atoms with Crippen LogP contribution in [0.5, 0.6) is 0 Å². The summed E-state index contributed by atoms with van der Waals surface area (Å²) in [5, 5.41) is 2.67.